The number of aromatic nitrogens is 1. The van der Waals surface area contributed by atoms with E-state index in [1.807, 2.05) is 17.8 Å². The van der Waals surface area contributed by atoms with E-state index < -0.39 is 0 Å². The monoisotopic (exact) mass is 236 g/mol. The number of hydrogen-bond acceptors (Lipinski definition) is 4. The Labute approximate surface area is 99.7 Å². The van der Waals surface area contributed by atoms with Gasteiger partial charge in [0.05, 0.1) is 0 Å². The van der Waals surface area contributed by atoms with E-state index in [1.54, 1.807) is 12.3 Å². The van der Waals surface area contributed by atoms with Crippen molar-refractivity contribution in [1.29, 1.82) is 5.41 Å². The van der Waals surface area contributed by atoms with Gasteiger partial charge in [0.25, 0.3) is 0 Å². The molecular formula is C11H16N4S. The Balaban J connectivity index is 2.18. The fraction of sp³-hybridized carbons (Fsp3) is 0.455. The molecule has 16 heavy (non-hydrogen) atoms. The van der Waals surface area contributed by atoms with Crippen molar-refractivity contribution in [2.45, 2.75) is 12.5 Å². The summed E-state index contributed by atoms with van der Waals surface area (Å²) in [4.78, 5) is 6.52. The van der Waals surface area contributed by atoms with Gasteiger partial charge < -0.3 is 10.6 Å². The quantitative estimate of drug-likeness (QED) is 0.613. The van der Waals surface area contributed by atoms with Crippen LogP contribution in [0.1, 0.15) is 12.0 Å². The van der Waals surface area contributed by atoms with Crippen LogP contribution in [0, 0.1) is 5.41 Å². The van der Waals surface area contributed by atoms with E-state index in [0.717, 1.165) is 17.1 Å². The summed E-state index contributed by atoms with van der Waals surface area (Å²) in [5.74, 6) is 3.38. The zero-order valence-corrected chi connectivity index (χ0v) is 10.1. The number of anilines is 1. The number of nitrogens with one attached hydrogen (secondary N) is 1. The summed E-state index contributed by atoms with van der Waals surface area (Å²) in [7, 11) is 2.06. The minimum Gasteiger partial charge on any atom is -0.384 e. The number of thioether (sulfide) groups is 1. The molecule has 0 spiro atoms. The normalized spacial score (nSPS) is 19.7. The predicted molar refractivity (Wildman–Crippen MR) is 69.4 cm³/mol. The van der Waals surface area contributed by atoms with E-state index in [2.05, 4.69) is 16.9 Å². The zero-order chi connectivity index (χ0) is 11.5. The van der Waals surface area contributed by atoms with Gasteiger partial charge in [-0.05, 0) is 24.3 Å². The maximum absolute atomic E-state index is 7.41. The maximum atomic E-state index is 7.41. The van der Waals surface area contributed by atoms with E-state index in [4.69, 9.17) is 11.1 Å². The molecule has 1 aliphatic rings. The second-order valence-electron chi connectivity index (χ2n) is 3.94. The van der Waals surface area contributed by atoms with Crippen molar-refractivity contribution in [3.8, 4) is 0 Å². The van der Waals surface area contributed by atoms with Gasteiger partial charge in [0, 0.05) is 30.6 Å². The fourth-order valence-electron chi connectivity index (χ4n) is 1.79. The van der Waals surface area contributed by atoms with E-state index in [1.165, 1.54) is 12.2 Å². The van der Waals surface area contributed by atoms with Gasteiger partial charge in [0.1, 0.15) is 11.7 Å². The van der Waals surface area contributed by atoms with Crippen LogP contribution < -0.4 is 10.6 Å². The van der Waals surface area contributed by atoms with Crippen LogP contribution in [0.15, 0.2) is 18.3 Å². The lowest BCUT2D eigenvalue weighted by Gasteiger charge is -2.25. The molecule has 4 nitrogen and oxygen atoms in total. The van der Waals surface area contributed by atoms with Crippen molar-refractivity contribution in [2.75, 3.05) is 23.5 Å². The Morgan fingerprint density at radius 2 is 2.50 bits per heavy atom. The average molecular weight is 236 g/mol. The molecule has 2 rings (SSSR count). The summed E-state index contributed by atoms with van der Waals surface area (Å²) in [5, 5.41) is 7.41. The van der Waals surface area contributed by atoms with Gasteiger partial charge in [0.2, 0.25) is 0 Å². The molecule has 1 aromatic rings. The summed E-state index contributed by atoms with van der Waals surface area (Å²) in [5.41, 5.74) is 6.21. The molecule has 1 fully saturated rings. The van der Waals surface area contributed by atoms with Crippen LogP contribution >= 0.6 is 11.8 Å². The molecule has 1 aliphatic heterocycles. The lowest BCUT2D eigenvalue weighted by atomic mass is 10.2. The lowest BCUT2D eigenvalue weighted by molar-refractivity contribution is 0.692. The minimum atomic E-state index is 0.0952. The number of nitrogens with zero attached hydrogens (tertiary/aromatic N) is 2. The average Bonchev–Trinajstić information content (AvgIpc) is 2.81. The first-order valence-corrected chi connectivity index (χ1v) is 6.45. The van der Waals surface area contributed by atoms with E-state index in [0.29, 0.717) is 6.04 Å². The van der Waals surface area contributed by atoms with Crippen LogP contribution in [0.4, 0.5) is 5.82 Å². The third kappa shape index (κ3) is 2.29. The summed E-state index contributed by atoms with van der Waals surface area (Å²) in [6.45, 7) is 0. The molecule has 2 heterocycles. The van der Waals surface area contributed by atoms with Crippen molar-refractivity contribution in [1.82, 2.24) is 4.98 Å². The third-order valence-corrected chi connectivity index (χ3v) is 4.02. The molecule has 1 saturated heterocycles. The first-order valence-electron chi connectivity index (χ1n) is 5.29. The number of pyridine rings is 1. The van der Waals surface area contributed by atoms with Gasteiger partial charge in [-0.15, -0.1) is 0 Å². The van der Waals surface area contributed by atoms with Gasteiger partial charge in [-0.1, -0.05) is 0 Å². The number of amidine groups is 1. The van der Waals surface area contributed by atoms with Gasteiger partial charge in [-0.25, -0.2) is 4.98 Å². The summed E-state index contributed by atoms with van der Waals surface area (Å²) >= 11 is 1.98. The van der Waals surface area contributed by atoms with Crippen LogP contribution in [-0.4, -0.2) is 35.4 Å². The highest BCUT2D eigenvalue weighted by Crippen LogP contribution is 2.24. The number of rotatable bonds is 3. The van der Waals surface area contributed by atoms with Gasteiger partial charge >= 0.3 is 0 Å². The molecule has 0 radical (unpaired) electrons. The first kappa shape index (κ1) is 11.3. The van der Waals surface area contributed by atoms with E-state index in [-0.39, 0.29) is 5.84 Å². The largest absolute Gasteiger partial charge is 0.384 e. The highest BCUT2D eigenvalue weighted by Gasteiger charge is 2.21. The Morgan fingerprint density at radius 1 is 1.69 bits per heavy atom. The molecule has 0 aliphatic carbocycles. The van der Waals surface area contributed by atoms with Crippen LogP contribution in [0.25, 0.3) is 0 Å². The van der Waals surface area contributed by atoms with Gasteiger partial charge in [-0.2, -0.15) is 11.8 Å². The van der Waals surface area contributed by atoms with Gasteiger partial charge in [-0.3, -0.25) is 5.41 Å². The minimum absolute atomic E-state index is 0.0952. The van der Waals surface area contributed by atoms with E-state index >= 15 is 0 Å². The topological polar surface area (TPSA) is 66.0 Å². The summed E-state index contributed by atoms with van der Waals surface area (Å²) in [6, 6.07) is 4.20. The second kappa shape index (κ2) is 4.74. The predicted octanol–water partition coefficient (Wildman–Crippen LogP) is 1.31. The third-order valence-electron chi connectivity index (χ3n) is 2.87. The summed E-state index contributed by atoms with van der Waals surface area (Å²) < 4.78 is 0. The Kier molecular flexibility index (Phi) is 3.33. The molecule has 0 bridgehead atoms. The molecule has 0 amide bonds. The molecule has 5 heteroatoms. The Morgan fingerprint density at radius 3 is 3.12 bits per heavy atom. The Hall–Kier alpha value is -1.23. The molecule has 86 valence electrons. The van der Waals surface area contributed by atoms with Crippen molar-refractivity contribution in [3.63, 3.8) is 0 Å². The SMILES string of the molecule is CN(c1cc(C(=N)N)ccn1)C1CCSC1. The molecule has 0 saturated carbocycles. The molecule has 3 N–H and O–H groups in total. The smallest absolute Gasteiger partial charge is 0.129 e. The molecule has 0 aromatic carbocycles. The molecule has 1 aromatic heterocycles. The highest BCUT2D eigenvalue weighted by atomic mass is 32.2. The van der Waals surface area contributed by atoms with Crippen molar-refractivity contribution < 1.29 is 0 Å². The first-order chi connectivity index (χ1) is 7.68. The van der Waals surface area contributed by atoms with Crippen molar-refractivity contribution >= 4 is 23.4 Å². The molecular weight excluding hydrogens is 220 g/mol. The van der Waals surface area contributed by atoms with Crippen LogP contribution in [0.3, 0.4) is 0 Å². The highest BCUT2D eigenvalue weighted by molar-refractivity contribution is 7.99. The number of nitrogens with two attached hydrogens (primary N) is 1. The Bertz CT molecular complexity index is 387. The standard InChI is InChI=1S/C11H16N4S/c1-15(9-3-5-16-7-9)10-6-8(11(12)13)2-4-14-10/h2,4,6,9H,3,5,7H2,1H3,(H3,12,13). The van der Waals surface area contributed by atoms with Crippen LogP contribution in [0.5, 0.6) is 0 Å². The van der Waals surface area contributed by atoms with Crippen LogP contribution in [0.2, 0.25) is 0 Å². The molecule has 1 atom stereocenters. The zero-order valence-electron chi connectivity index (χ0n) is 9.31. The van der Waals surface area contributed by atoms with Gasteiger partial charge in [0.15, 0.2) is 0 Å². The maximum Gasteiger partial charge on any atom is 0.129 e. The lowest BCUT2D eigenvalue weighted by Crippen LogP contribution is -2.32. The number of hydrogen-bond donors (Lipinski definition) is 2. The van der Waals surface area contributed by atoms with Crippen LogP contribution in [-0.2, 0) is 0 Å². The van der Waals surface area contributed by atoms with Crippen molar-refractivity contribution in [3.05, 3.63) is 23.9 Å². The second-order valence-corrected chi connectivity index (χ2v) is 5.09. The van der Waals surface area contributed by atoms with E-state index in [9.17, 15) is 0 Å². The summed E-state index contributed by atoms with van der Waals surface area (Å²) in [6.07, 6.45) is 2.91. The fourth-order valence-corrected chi connectivity index (χ4v) is 3.06. The number of nitrogen functional groups attached to an aromatic ring is 1. The molecule has 1 unspecified atom stereocenters. The van der Waals surface area contributed by atoms with Crippen molar-refractivity contribution in [2.24, 2.45) is 5.73 Å².